The molecule has 0 saturated heterocycles. The molecule has 3 N–H and O–H groups in total. The Labute approximate surface area is 153 Å². The van der Waals surface area contributed by atoms with Crippen LogP contribution in [-0.2, 0) is 11.3 Å². The third-order valence-corrected chi connectivity index (χ3v) is 4.01. The van der Waals surface area contributed by atoms with Crippen molar-refractivity contribution in [3.63, 3.8) is 0 Å². The highest BCUT2D eigenvalue weighted by Gasteiger charge is 2.07. The van der Waals surface area contributed by atoms with Crippen molar-refractivity contribution in [1.29, 1.82) is 0 Å². The number of anilines is 1. The third kappa shape index (κ3) is 5.89. The van der Waals surface area contributed by atoms with E-state index >= 15 is 0 Å². The van der Waals surface area contributed by atoms with Gasteiger partial charge >= 0.3 is 0 Å². The van der Waals surface area contributed by atoms with Crippen molar-refractivity contribution < 1.29 is 14.3 Å². The summed E-state index contributed by atoms with van der Waals surface area (Å²) in [7, 11) is 0. The van der Waals surface area contributed by atoms with E-state index in [0.29, 0.717) is 17.0 Å². The maximum absolute atomic E-state index is 12.3. The number of benzene rings is 2. The first-order valence-electron chi connectivity index (χ1n) is 8.65. The van der Waals surface area contributed by atoms with Gasteiger partial charge in [0.15, 0.2) is 6.61 Å². The summed E-state index contributed by atoms with van der Waals surface area (Å²) in [5.74, 6) is -0.195. The minimum absolute atomic E-state index is 0.175. The lowest BCUT2D eigenvalue weighted by Gasteiger charge is -2.18. The highest BCUT2D eigenvalue weighted by atomic mass is 16.5. The Bertz CT molecular complexity index is 723. The van der Waals surface area contributed by atoms with E-state index in [0.717, 1.165) is 19.6 Å². The average Bonchev–Trinajstić information content (AvgIpc) is 2.66. The number of hydrogen-bond donors (Lipinski definition) is 2. The predicted molar refractivity (Wildman–Crippen MR) is 102 cm³/mol. The quantitative estimate of drug-likeness (QED) is 0.724. The summed E-state index contributed by atoms with van der Waals surface area (Å²) in [4.78, 5) is 25.4. The zero-order valence-electron chi connectivity index (χ0n) is 15.2. The number of rotatable bonds is 9. The van der Waals surface area contributed by atoms with Crippen LogP contribution in [0.5, 0.6) is 5.75 Å². The second-order valence-electron chi connectivity index (χ2n) is 5.89. The molecule has 0 unspecified atom stereocenters. The molecule has 6 heteroatoms. The Morgan fingerprint density at radius 1 is 1.00 bits per heavy atom. The van der Waals surface area contributed by atoms with Gasteiger partial charge in [0, 0.05) is 17.8 Å². The van der Waals surface area contributed by atoms with Crippen molar-refractivity contribution in [2.45, 2.75) is 20.4 Å². The lowest BCUT2D eigenvalue weighted by molar-refractivity contribution is -0.119. The fourth-order valence-corrected chi connectivity index (χ4v) is 2.46. The number of carbonyl (C=O) groups excluding carboxylic acids is 2. The highest BCUT2D eigenvalue weighted by Crippen LogP contribution is 2.17. The topological polar surface area (TPSA) is 84.7 Å². The molecule has 0 aromatic heterocycles. The van der Waals surface area contributed by atoms with Gasteiger partial charge < -0.3 is 15.8 Å². The second kappa shape index (κ2) is 9.58. The number of nitrogens with two attached hydrogens (primary N) is 1. The van der Waals surface area contributed by atoms with Crippen LogP contribution in [0.3, 0.4) is 0 Å². The largest absolute Gasteiger partial charge is 0.484 e. The van der Waals surface area contributed by atoms with Gasteiger partial charge in [0.2, 0.25) is 0 Å². The van der Waals surface area contributed by atoms with Crippen LogP contribution in [0.4, 0.5) is 5.69 Å². The Morgan fingerprint density at radius 2 is 1.62 bits per heavy atom. The van der Waals surface area contributed by atoms with Crippen molar-refractivity contribution in [2.75, 3.05) is 25.0 Å². The van der Waals surface area contributed by atoms with Crippen molar-refractivity contribution in [3.05, 3.63) is 59.7 Å². The number of nitrogens with zero attached hydrogens (tertiary/aromatic N) is 1. The van der Waals surface area contributed by atoms with Gasteiger partial charge in [0.05, 0.1) is 0 Å². The van der Waals surface area contributed by atoms with Crippen LogP contribution in [0.15, 0.2) is 48.5 Å². The van der Waals surface area contributed by atoms with Crippen LogP contribution < -0.4 is 15.8 Å². The number of nitrogens with one attached hydrogen (secondary N) is 1. The Balaban J connectivity index is 1.93. The molecule has 0 aliphatic heterocycles. The van der Waals surface area contributed by atoms with Crippen molar-refractivity contribution >= 4 is 17.5 Å². The zero-order valence-corrected chi connectivity index (χ0v) is 15.2. The van der Waals surface area contributed by atoms with E-state index in [2.05, 4.69) is 24.1 Å². The normalized spacial score (nSPS) is 10.6. The molecule has 0 saturated carbocycles. The number of hydrogen-bond acceptors (Lipinski definition) is 4. The van der Waals surface area contributed by atoms with Crippen molar-refractivity contribution in [2.24, 2.45) is 5.73 Å². The summed E-state index contributed by atoms with van der Waals surface area (Å²) in [5.41, 5.74) is 7.46. The first-order chi connectivity index (χ1) is 12.5. The first kappa shape index (κ1) is 19.5. The Hall–Kier alpha value is -2.86. The lowest BCUT2D eigenvalue weighted by Crippen LogP contribution is -2.22. The average molecular weight is 355 g/mol. The van der Waals surface area contributed by atoms with Gasteiger partial charge in [-0.15, -0.1) is 0 Å². The summed E-state index contributed by atoms with van der Waals surface area (Å²) < 4.78 is 5.18. The molecule has 0 radical (unpaired) electrons. The summed E-state index contributed by atoms with van der Waals surface area (Å²) in [6, 6.07) is 14.4. The lowest BCUT2D eigenvalue weighted by atomic mass is 10.1. The molecule has 26 heavy (non-hydrogen) atoms. The Kier molecular flexibility index (Phi) is 7.17. The minimum atomic E-state index is -0.535. The van der Waals surface area contributed by atoms with Gasteiger partial charge in [0.1, 0.15) is 5.75 Å². The number of primary amides is 1. The molecular weight excluding hydrogens is 330 g/mol. The molecule has 0 aliphatic carbocycles. The van der Waals surface area contributed by atoms with E-state index in [1.54, 1.807) is 24.3 Å². The van der Waals surface area contributed by atoms with Crippen molar-refractivity contribution in [3.8, 4) is 5.75 Å². The molecule has 0 aliphatic rings. The molecule has 0 spiro atoms. The third-order valence-electron chi connectivity index (χ3n) is 4.01. The molecule has 0 bridgehead atoms. The molecular formula is C20H25N3O3. The molecule has 0 atom stereocenters. The summed E-state index contributed by atoms with van der Waals surface area (Å²) >= 11 is 0. The van der Waals surface area contributed by atoms with Crippen LogP contribution in [-0.4, -0.2) is 36.4 Å². The van der Waals surface area contributed by atoms with Gasteiger partial charge in [-0.25, -0.2) is 0 Å². The fourth-order valence-electron chi connectivity index (χ4n) is 2.46. The molecule has 2 amide bonds. The summed E-state index contributed by atoms with van der Waals surface area (Å²) in [6.45, 7) is 6.97. The van der Waals surface area contributed by atoms with E-state index in [1.165, 1.54) is 5.56 Å². The molecule has 2 aromatic rings. The molecule has 0 fully saturated rings. The van der Waals surface area contributed by atoms with E-state index in [9.17, 15) is 9.59 Å². The summed E-state index contributed by atoms with van der Waals surface area (Å²) in [6.07, 6.45) is 0. The molecule has 0 heterocycles. The number of ether oxygens (including phenoxy) is 1. The first-order valence-corrected chi connectivity index (χ1v) is 8.65. The van der Waals surface area contributed by atoms with Crippen molar-refractivity contribution in [1.82, 2.24) is 4.90 Å². The monoisotopic (exact) mass is 355 g/mol. The van der Waals surface area contributed by atoms with Gasteiger partial charge in [0.25, 0.3) is 11.8 Å². The smallest absolute Gasteiger partial charge is 0.255 e. The highest BCUT2D eigenvalue weighted by molar-refractivity contribution is 6.04. The van der Waals surface area contributed by atoms with E-state index in [1.807, 2.05) is 24.3 Å². The van der Waals surface area contributed by atoms with Crippen LogP contribution in [0.25, 0.3) is 0 Å². The van der Waals surface area contributed by atoms with Crippen LogP contribution >= 0.6 is 0 Å². The molecule has 6 nitrogen and oxygen atoms in total. The molecule has 2 rings (SSSR count). The van der Waals surface area contributed by atoms with E-state index in [4.69, 9.17) is 10.5 Å². The van der Waals surface area contributed by atoms with E-state index in [-0.39, 0.29) is 12.5 Å². The standard InChI is InChI=1S/C20H25N3O3/c1-3-23(4-2)13-15-5-7-16(8-6-15)20(25)22-17-9-11-18(12-10-17)26-14-19(21)24/h5-12H,3-4,13-14H2,1-2H3,(H2,21,24)(H,22,25). The number of carbonyl (C=O) groups is 2. The van der Waals surface area contributed by atoms with Gasteiger partial charge in [-0.2, -0.15) is 0 Å². The number of amides is 2. The maximum Gasteiger partial charge on any atom is 0.255 e. The maximum atomic E-state index is 12.3. The molecule has 138 valence electrons. The van der Waals surface area contributed by atoms with Gasteiger partial charge in [-0.05, 0) is 55.1 Å². The second-order valence-corrected chi connectivity index (χ2v) is 5.89. The Morgan fingerprint density at radius 3 is 2.15 bits per heavy atom. The SMILES string of the molecule is CCN(CC)Cc1ccc(C(=O)Nc2ccc(OCC(N)=O)cc2)cc1. The predicted octanol–water partition coefficient (Wildman–Crippen LogP) is 2.64. The van der Waals surface area contributed by atoms with Crippen LogP contribution in [0.1, 0.15) is 29.8 Å². The fraction of sp³-hybridized carbons (Fsp3) is 0.300. The van der Waals surface area contributed by atoms with Gasteiger partial charge in [-0.3, -0.25) is 14.5 Å². The summed E-state index contributed by atoms with van der Waals surface area (Å²) in [5, 5.41) is 2.84. The molecule has 2 aromatic carbocycles. The van der Waals surface area contributed by atoms with Gasteiger partial charge in [-0.1, -0.05) is 26.0 Å². The van der Waals surface area contributed by atoms with E-state index < -0.39 is 5.91 Å². The van der Waals surface area contributed by atoms with Crippen LogP contribution in [0.2, 0.25) is 0 Å². The van der Waals surface area contributed by atoms with Crippen LogP contribution in [0, 0.1) is 0 Å². The zero-order chi connectivity index (χ0) is 18.9. The minimum Gasteiger partial charge on any atom is -0.484 e.